The van der Waals surface area contributed by atoms with Gasteiger partial charge in [-0.2, -0.15) is 4.57 Å². The second kappa shape index (κ2) is 10.1. The van der Waals surface area contributed by atoms with E-state index < -0.39 is 23.8 Å². The Morgan fingerprint density at radius 2 is 1.73 bits per heavy atom. The molecule has 7 N–H and O–H groups in total. The highest BCUT2D eigenvalue weighted by Crippen LogP contribution is 2.29. The third kappa shape index (κ3) is 5.95. The van der Waals surface area contributed by atoms with Crippen LogP contribution in [-0.2, 0) is 9.59 Å². The topological polar surface area (TPSA) is 189 Å². The number of nitrogens with one attached hydrogen (secondary N) is 1. The summed E-state index contributed by atoms with van der Waals surface area (Å²) in [6.07, 6.45) is 5.27. The summed E-state index contributed by atoms with van der Waals surface area (Å²) in [7, 11) is 0. The van der Waals surface area contributed by atoms with E-state index in [1.165, 1.54) is 0 Å². The van der Waals surface area contributed by atoms with Gasteiger partial charge in [-0.25, -0.2) is 4.99 Å². The minimum Gasteiger partial charge on any atom is -0.550 e. The van der Waals surface area contributed by atoms with Crippen molar-refractivity contribution >= 4 is 29.5 Å². The van der Waals surface area contributed by atoms with Crippen LogP contribution in [0.1, 0.15) is 18.4 Å². The summed E-state index contributed by atoms with van der Waals surface area (Å²) in [4.78, 5) is 29.4. The van der Waals surface area contributed by atoms with Crippen molar-refractivity contribution in [2.24, 2.45) is 34.0 Å². The molecule has 10 nitrogen and oxygen atoms in total. The predicted molar refractivity (Wildman–Crippen MR) is 115 cm³/mol. The summed E-state index contributed by atoms with van der Waals surface area (Å²) < 4.78 is 1.86. The van der Waals surface area contributed by atoms with Crippen molar-refractivity contribution in [2.45, 2.75) is 12.8 Å². The molecule has 1 aliphatic carbocycles. The Balaban J connectivity index is 2.02. The summed E-state index contributed by atoms with van der Waals surface area (Å²) >= 11 is 0. The van der Waals surface area contributed by atoms with Crippen LogP contribution < -0.4 is 37.0 Å². The number of guanidine groups is 2. The van der Waals surface area contributed by atoms with Gasteiger partial charge in [0.15, 0.2) is 12.4 Å². The fourth-order valence-corrected chi connectivity index (χ4v) is 3.45. The van der Waals surface area contributed by atoms with E-state index >= 15 is 0 Å². The number of aromatic nitrogens is 1. The van der Waals surface area contributed by atoms with Gasteiger partial charge in [-0.1, -0.05) is 24.0 Å². The highest BCUT2D eigenvalue weighted by atomic mass is 16.4. The smallest absolute Gasteiger partial charge is 0.316 e. The maximum absolute atomic E-state index is 11.4. The molecule has 0 bridgehead atoms. The molecule has 10 heteroatoms. The first-order valence-electron chi connectivity index (χ1n) is 9.97. The molecule has 0 fully saturated rings. The van der Waals surface area contributed by atoms with Gasteiger partial charge in [0.05, 0.1) is 5.56 Å². The number of carboxylic acid groups (broad SMARTS) is 2. The number of carbonyl (C=O) groups excluding carboxylic acids is 2. The number of nitrogens with two attached hydrogens (primary N) is 3. The number of carboxylic acids is 2. The molecule has 1 aliphatic rings. The summed E-state index contributed by atoms with van der Waals surface area (Å²) in [5.41, 5.74) is 18.8. The van der Waals surface area contributed by atoms with Crippen molar-refractivity contribution < 1.29 is 29.4 Å². The summed E-state index contributed by atoms with van der Waals surface area (Å²) in [6, 6.07) is 10.8. The number of aliphatic imine (C=N–C) groups is 1. The van der Waals surface area contributed by atoms with Crippen LogP contribution in [0.3, 0.4) is 0 Å². The van der Waals surface area contributed by atoms with Gasteiger partial charge in [0.2, 0.25) is 5.69 Å². The normalized spacial score (nSPS) is 17.8. The molecule has 0 saturated heterocycles. The molecule has 1 aromatic carbocycles. The molecular weight excluding hydrogens is 424 g/mol. The summed E-state index contributed by atoms with van der Waals surface area (Å²) in [6.45, 7) is 0. The molecule has 2 atom stereocenters. The molecule has 168 valence electrons. The van der Waals surface area contributed by atoms with E-state index in [0.717, 1.165) is 5.69 Å². The molecule has 0 spiro atoms. The van der Waals surface area contributed by atoms with Crippen LogP contribution in [0.5, 0.6) is 0 Å². The second-order valence-corrected chi connectivity index (χ2v) is 7.33. The second-order valence-electron chi connectivity index (χ2n) is 7.33. The lowest BCUT2D eigenvalue weighted by atomic mass is 9.79. The zero-order chi connectivity index (χ0) is 24.0. The third-order valence-corrected chi connectivity index (χ3v) is 5.00. The largest absolute Gasteiger partial charge is 0.550 e. The van der Waals surface area contributed by atoms with Crippen molar-refractivity contribution in [3.63, 3.8) is 0 Å². The first-order chi connectivity index (χ1) is 15.7. The number of carbonyl (C=O) groups is 2. The van der Waals surface area contributed by atoms with Crippen molar-refractivity contribution in [1.82, 2.24) is 0 Å². The molecule has 3 rings (SSSR count). The first kappa shape index (κ1) is 23.0. The number of rotatable bonds is 4. The average Bonchev–Trinajstić information content (AvgIpc) is 2.77. The fraction of sp³-hybridized carbons (Fsp3) is 0.174. The van der Waals surface area contributed by atoms with Crippen molar-refractivity contribution in [3.05, 3.63) is 66.0 Å². The number of pyridine rings is 1. The van der Waals surface area contributed by atoms with Gasteiger partial charge < -0.3 is 37.0 Å². The maximum atomic E-state index is 11.4. The summed E-state index contributed by atoms with van der Waals surface area (Å²) in [5.74, 6) is 0.693. The Bertz CT molecular complexity index is 1220. The van der Waals surface area contributed by atoms with Crippen molar-refractivity contribution in [1.29, 1.82) is 0 Å². The molecule has 0 amide bonds. The van der Waals surface area contributed by atoms with E-state index in [2.05, 4.69) is 21.8 Å². The monoisotopic (exact) mass is 446 g/mol. The van der Waals surface area contributed by atoms with Crippen LogP contribution in [0.25, 0.3) is 5.69 Å². The highest BCUT2D eigenvalue weighted by molar-refractivity contribution is 5.80. The van der Waals surface area contributed by atoms with Crippen molar-refractivity contribution in [3.8, 4) is 17.5 Å². The molecule has 0 aliphatic heterocycles. The molecule has 1 aromatic heterocycles. The van der Waals surface area contributed by atoms with E-state index in [1.807, 2.05) is 35.2 Å². The molecule has 0 unspecified atom stereocenters. The molecule has 33 heavy (non-hydrogen) atoms. The van der Waals surface area contributed by atoms with E-state index in [-0.39, 0.29) is 24.8 Å². The van der Waals surface area contributed by atoms with Gasteiger partial charge in [0.1, 0.15) is 5.69 Å². The van der Waals surface area contributed by atoms with E-state index in [9.17, 15) is 19.8 Å². The van der Waals surface area contributed by atoms with Gasteiger partial charge in [-0.3, -0.25) is 0 Å². The third-order valence-electron chi connectivity index (χ3n) is 5.00. The molecule has 0 radical (unpaired) electrons. The summed E-state index contributed by atoms with van der Waals surface area (Å²) in [5, 5.41) is 22.7. The van der Waals surface area contributed by atoms with Crippen LogP contribution in [-0.4, -0.2) is 23.9 Å². The Hall–Kier alpha value is -4.65. The minimum atomic E-state index is -1.44. The molecule has 2 aromatic rings. The molecule has 0 saturated carbocycles. The number of hydrogen-bond donors (Lipinski definition) is 4. The maximum Gasteiger partial charge on any atom is 0.316 e. The standard InChI is InChI=1S/C23H22N6O4/c24-22(25)28-23(26)27-16-7-9-19(29-10-2-1-3-11-29)15(13-16)6-4-14-5-8-17(20(30)31)18(12-14)21(32)33/h1-3,5,7,9-11,13,17-18H,8,12H2,(H7-,24,25,26,27,28,30,31,32,33)/t17-,18+/m0/s1. The number of benzene rings is 1. The lowest BCUT2D eigenvalue weighted by molar-refractivity contribution is -0.595. The van der Waals surface area contributed by atoms with Gasteiger partial charge in [-0.15, -0.1) is 4.99 Å². The SMILES string of the molecule is NC(=Nc1ccc(-[n+]2ccccc2)c(C#CC2=CC[C@H](C(=O)[O-])[C@H](C(=O)[O-])C2)c1)[NH+]=C(N)N. The van der Waals surface area contributed by atoms with E-state index in [4.69, 9.17) is 17.2 Å². The van der Waals surface area contributed by atoms with E-state index in [1.54, 1.807) is 24.3 Å². The molecular formula is C23H22N6O4. The first-order valence-corrected chi connectivity index (χ1v) is 9.97. The Kier molecular flexibility index (Phi) is 7.05. The number of hydrogen-bond acceptors (Lipinski definition) is 5. The van der Waals surface area contributed by atoms with Crippen molar-refractivity contribution in [2.75, 3.05) is 0 Å². The van der Waals surface area contributed by atoms with Gasteiger partial charge >= 0.3 is 5.96 Å². The quantitative estimate of drug-likeness (QED) is 0.160. The highest BCUT2D eigenvalue weighted by Gasteiger charge is 2.27. The van der Waals surface area contributed by atoms with Crippen LogP contribution in [0.2, 0.25) is 0 Å². The van der Waals surface area contributed by atoms with Crippen LogP contribution in [0.15, 0.2) is 65.4 Å². The number of aliphatic carboxylic acids is 2. The molecule has 1 heterocycles. The average molecular weight is 446 g/mol. The Labute approximate surface area is 189 Å². The zero-order valence-electron chi connectivity index (χ0n) is 17.5. The predicted octanol–water partition coefficient (Wildman–Crippen LogP) is -3.93. The van der Waals surface area contributed by atoms with Gasteiger partial charge in [-0.05, 0) is 30.5 Å². The van der Waals surface area contributed by atoms with Crippen LogP contribution >= 0.6 is 0 Å². The lowest BCUT2D eigenvalue weighted by Crippen LogP contribution is -2.84. The number of nitrogens with zero attached hydrogens (tertiary/aromatic N) is 2. The van der Waals surface area contributed by atoms with Gasteiger partial charge in [0, 0.05) is 42.0 Å². The van der Waals surface area contributed by atoms with Gasteiger partial charge in [0.25, 0.3) is 5.96 Å². The lowest BCUT2D eigenvalue weighted by Gasteiger charge is -2.31. The minimum absolute atomic E-state index is 0.00543. The van der Waals surface area contributed by atoms with E-state index in [0.29, 0.717) is 16.8 Å². The Morgan fingerprint density at radius 3 is 2.36 bits per heavy atom. The number of allylic oxidation sites excluding steroid dienone is 2. The fourth-order valence-electron chi connectivity index (χ4n) is 3.45. The zero-order valence-corrected chi connectivity index (χ0v) is 17.5. The van der Waals surface area contributed by atoms with Crippen LogP contribution in [0, 0.1) is 23.7 Å². The van der Waals surface area contributed by atoms with Crippen LogP contribution in [0.4, 0.5) is 5.69 Å². The Morgan fingerprint density at radius 1 is 1.03 bits per heavy atom.